The second-order valence-electron chi connectivity index (χ2n) is 5.15. The van der Waals surface area contributed by atoms with Crippen LogP contribution in [0.25, 0.3) is 0 Å². The molecule has 1 N–H and O–H groups in total. The topological polar surface area (TPSA) is 20.2 Å². The van der Waals surface area contributed by atoms with Crippen LogP contribution in [0.1, 0.15) is 31.7 Å². The van der Waals surface area contributed by atoms with Crippen molar-refractivity contribution in [3.8, 4) is 0 Å². The lowest BCUT2D eigenvalue weighted by Gasteiger charge is -2.18. The first kappa shape index (κ1) is 12.5. The molecule has 0 saturated heterocycles. The van der Waals surface area contributed by atoms with Gasteiger partial charge in [0.25, 0.3) is 0 Å². The Morgan fingerprint density at radius 1 is 1.29 bits per heavy atom. The lowest BCUT2D eigenvalue weighted by Crippen LogP contribution is -2.22. The number of aliphatic hydroxyl groups is 1. The molecule has 0 aliphatic heterocycles. The Balaban J connectivity index is 2.05. The van der Waals surface area contributed by atoms with Gasteiger partial charge in [-0.1, -0.05) is 19.4 Å². The molecule has 0 aromatic heterocycles. The standard InChI is InChI=1S/C14H18F2O/c1-9-5-6-10(7-9)14(17)8-11-12(15)3-2-4-13(11)16/h2-4,9-10,14,17H,5-8H2,1H3. The number of aliphatic hydroxyl groups excluding tert-OH is 1. The molecule has 3 heteroatoms. The van der Waals surface area contributed by atoms with E-state index >= 15 is 0 Å². The third-order valence-electron chi connectivity index (χ3n) is 3.75. The molecule has 0 radical (unpaired) electrons. The number of benzene rings is 1. The Morgan fingerprint density at radius 3 is 2.47 bits per heavy atom. The Hall–Kier alpha value is -0.960. The van der Waals surface area contributed by atoms with Crippen LogP contribution in [0.15, 0.2) is 18.2 Å². The van der Waals surface area contributed by atoms with Crippen LogP contribution in [-0.4, -0.2) is 11.2 Å². The van der Waals surface area contributed by atoms with E-state index in [2.05, 4.69) is 6.92 Å². The van der Waals surface area contributed by atoms with Crippen LogP contribution in [0, 0.1) is 23.5 Å². The lowest BCUT2D eigenvalue weighted by molar-refractivity contribution is 0.107. The Bertz CT molecular complexity index is 372. The average molecular weight is 240 g/mol. The third-order valence-corrected chi connectivity index (χ3v) is 3.75. The summed E-state index contributed by atoms with van der Waals surface area (Å²) >= 11 is 0. The smallest absolute Gasteiger partial charge is 0.129 e. The quantitative estimate of drug-likeness (QED) is 0.859. The molecule has 1 nitrogen and oxygen atoms in total. The van der Waals surface area contributed by atoms with Crippen molar-refractivity contribution in [2.45, 2.75) is 38.7 Å². The van der Waals surface area contributed by atoms with Crippen LogP contribution >= 0.6 is 0 Å². The van der Waals surface area contributed by atoms with E-state index < -0.39 is 17.7 Å². The molecule has 1 aliphatic carbocycles. The van der Waals surface area contributed by atoms with Crippen molar-refractivity contribution in [3.63, 3.8) is 0 Å². The van der Waals surface area contributed by atoms with E-state index in [1.807, 2.05) is 0 Å². The maximum absolute atomic E-state index is 13.4. The number of hydrogen-bond donors (Lipinski definition) is 1. The van der Waals surface area contributed by atoms with Gasteiger partial charge in [-0.15, -0.1) is 0 Å². The second kappa shape index (κ2) is 5.13. The summed E-state index contributed by atoms with van der Waals surface area (Å²) in [6.45, 7) is 2.15. The fourth-order valence-electron chi connectivity index (χ4n) is 2.70. The van der Waals surface area contributed by atoms with Crippen molar-refractivity contribution in [2.24, 2.45) is 11.8 Å². The van der Waals surface area contributed by atoms with Crippen LogP contribution < -0.4 is 0 Å². The summed E-state index contributed by atoms with van der Waals surface area (Å²) in [4.78, 5) is 0. The molecule has 1 saturated carbocycles. The largest absolute Gasteiger partial charge is 0.392 e. The van der Waals surface area contributed by atoms with Crippen LogP contribution in [0.4, 0.5) is 8.78 Å². The van der Waals surface area contributed by atoms with Crippen molar-refractivity contribution in [3.05, 3.63) is 35.4 Å². The number of rotatable bonds is 3. The Morgan fingerprint density at radius 2 is 1.94 bits per heavy atom. The molecule has 1 fully saturated rings. The molecule has 1 aromatic carbocycles. The van der Waals surface area contributed by atoms with Crippen LogP contribution in [-0.2, 0) is 6.42 Å². The zero-order valence-corrected chi connectivity index (χ0v) is 10.00. The summed E-state index contributed by atoms with van der Waals surface area (Å²) < 4.78 is 26.8. The third kappa shape index (κ3) is 2.83. The summed E-state index contributed by atoms with van der Waals surface area (Å²) in [6.07, 6.45) is 2.46. The van der Waals surface area contributed by atoms with E-state index in [9.17, 15) is 13.9 Å². The highest BCUT2D eigenvalue weighted by molar-refractivity contribution is 5.20. The maximum atomic E-state index is 13.4. The van der Waals surface area contributed by atoms with Gasteiger partial charge >= 0.3 is 0 Å². The highest BCUT2D eigenvalue weighted by Crippen LogP contribution is 2.34. The van der Waals surface area contributed by atoms with Crippen LogP contribution in [0.3, 0.4) is 0 Å². The van der Waals surface area contributed by atoms with E-state index in [4.69, 9.17) is 0 Å². The first-order chi connectivity index (χ1) is 8.08. The lowest BCUT2D eigenvalue weighted by atomic mass is 9.93. The van der Waals surface area contributed by atoms with Crippen molar-refractivity contribution < 1.29 is 13.9 Å². The summed E-state index contributed by atoms with van der Waals surface area (Å²) in [7, 11) is 0. The molecular formula is C14H18F2O. The van der Waals surface area contributed by atoms with Gasteiger partial charge in [0, 0.05) is 12.0 Å². The minimum Gasteiger partial charge on any atom is -0.392 e. The van der Waals surface area contributed by atoms with Gasteiger partial charge in [0.15, 0.2) is 0 Å². The summed E-state index contributed by atoms with van der Waals surface area (Å²) in [5.41, 5.74) is 0.0135. The highest BCUT2D eigenvalue weighted by atomic mass is 19.1. The predicted molar refractivity (Wildman–Crippen MR) is 62.6 cm³/mol. The van der Waals surface area contributed by atoms with Gasteiger partial charge in [-0.25, -0.2) is 8.78 Å². The van der Waals surface area contributed by atoms with Gasteiger partial charge in [0.05, 0.1) is 6.10 Å². The molecule has 3 atom stereocenters. The molecule has 0 spiro atoms. The van der Waals surface area contributed by atoms with Crippen LogP contribution in [0.5, 0.6) is 0 Å². The van der Waals surface area contributed by atoms with Gasteiger partial charge in [-0.05, 0) is 36.8 Å². The van der Waals surface area contributed by atoms with Gasteiger partial charge in [0.1, 0.15) is 11.6 Å². The number of hydrogen-bond acceptors (Lipinski definition) is 1. The fourth-order valence-corrected chi connectivity index (χ4v) is 2.70. The van der Waals surface area contributed by atoms with Crippen molar-refractivity contribution in [1.82, 2.24) is 0 Å². The van der Waals surface area contributed by atoms with E-state index in [1.165, 1.54) is 18.2 Å². The van der Waals surface area contributed by atoms with Crippen molar-refractivity contribution in [1.29, 1.82) is 0 Å². The minimum absolute atomic E-state index is 0.0135. The molecule has 3 unspecified atom stereocenters. The molecular weight excluding hydrogens is 222 g/mol. The Labute approximate surface area is 100 Å². The highest BCUT2D eigenvalue weighted by Gasteiger charge is 2.28. The summed E-state index contributed by atoms with van der Waals surface area (Å²) in [5, 5.41) is 10.0. The molecule has 0 heterocycles. The van der Waals surface area contributed by atoms with Crippen LogP contribution in [0.2, 0.25) is 0 Å². The summed E-state index contributed by atoms with van der Waals surface area (Å²) in [6, 6.07) is 3.82. The van der Waals surface area contributed by atoms with Crippen molar-refractivity contribution in [2.75, 3.05) is 0 Å². The molecule has 2 rings (SSSR count). The van der Waals surface area contributed by atoms with Gasteiger partial charge < -0.3 is 5.11 Å². The minimum atomic E-state index is -0.633. The zero-order valence-electron chi connectivity index (χ0n) is 10.00. The molecule has 0 amide bonds. The predicted octanol–water partition coefficient (Wildman–Crippen LogP) is 3.30. The first-order valence-corrected chi connectivity index (χ1v) is 6.19. The van der Waals surface area contributed by atoms with Gasteiger partial charge in [-0.2, -0.15) is 0 Å². The average Bonchev–Trinajstić information content (AvgIpc) is 2.70. The number of halogens is 2. The van der Waals surface area contributed by atoms with Crippen molar-refractivity contribution >= 4 is 0 Å². The first-order valence-electron chi connectivity index (χ1n) is 6.19. The maximum Gasteiger partial charge on any atom is 0.129 e. The zero-order chi connectivity index (χ0) is 12.4. The van der Waals surface area contributed by atoms with E-state index in [1.54, 1.807) is 0 Å². The van der Waals surface area contributed by atoms with E-state index in [0.717, 1.165) is 19.3 Å². The summed E-state index contributed by atoms with van der Waals surface area (Å²) in [5.74, 6) is -0.325. The van der Waals surface area contributed by atoms with Gasteiger partial charge in [0.2, 0.25) is 0 Å². The normalized spacial score (nSPS) is 26.1. The molecule has 94 valence electrons. The second-order valence-corrected chi connectivity index (χ2v) is 5.15. The van der Waals surface area contributed by atoms with E-state index in [-0.39, 0.29) is 17.9 Å². The molecule has 0 bridgehead atoms. The van der Waals surface area contributed by atoms with E-state index in [0.29, 0.717) is 5.92 Å². The SMILES string of the molecule is CC1CCC(C(O)Cc2c(F)cccc2F)C1. The fraction of sp³-hybridized carbons (Fsp3) is 0.571. The Kier molecular flexibility index (Phi) is 3.77. The monoisotopic (exact) mass is 240 g/mol. The van der Waals surface area contributed by atoms with Gasteiger partial charge in [-0.3, -0.25) is 0 Å². The molecule has 17 heavy (non-hydrogen) atoms. The molecule has 1 aromatic rings. The molecule has 1 aliphatic rings.